The molecule has 14 heavy (non-hydrogen) atoms. The van der Waals surface area contributed by atoms with Gasteiger partial charge in [0.1, 0.15) is 0 Å². The standard InChI is InChI=1S/C10H12BrNOS/c1-7(2)14-9-5-3-8(4-6-9)12-10(11)13/h3-7H,1-2H3,(H,12,13). The molecule has 0 spiro atoms. The normalized spacial score (nSPS) is 10.3. The zero-order valence-electron chi connectivity index (χ0n) is 8.08. The van der Waals surface area contributed by atoms with Crippen molar-refractivity contribution in [1.82, 2.24) is 0 Å². The summed E-state index contributed by atoms with van der Waals surface area (Å²) < 4.78 is 0. The Morgan fingerprint density at radius 1 is 1.36 bits per heavy atom. The topological polar surface area (TPSA) is 29.1 Å². The maximum absolute atomic E-state index is 10.7. The lowest BCUT2D eigenvalue weighted by atomic mass is 10.3. The highest BCUT2D eigenvalue weighted by Crippen LogP contribution is 2.24. The van der Waals surface area contributed by atoms with Crippen LogP contribution in [-0.4, -0.2) is 10.1 Å². The average Bonchev–Trinajstić information content (AvgIpc) is 2.06. The summed E-state index contributed by atoms with van der Waals surface area (Å²) in [5, 5.41) is 3.23. The zero-order chi connectivity index (χ0) is 10.6. The average molecular weight is 274 g/mol. The molecule has 0 saturated carbocycles. The van der Waals surface area contributed by atoms with Crippen LogP contribution in [0.4, 0.5) is 10.5 Å². The number of carbonyl (C=O) groups excluding carboxylic acids is 1. The van der Waals surface area contributed by atoms with Crippen LogP contribution in [0, 0.1) is 0 Å². The smallest absolute Gasteiger partial charge is 0.291 e. The van der Waals surface area contributed by atoms with Crippen molar-refractivity contribution in [2.45, 2.75) is 24.0 Å². The molecule has 0 atom stereocenters. The van der Waals surface area contributed by atoms with Gasteiger partial charge in [0.2, 0.25) is 0 Å². The maximum Gasteiger partial charge on any atom is 0.291 e. The molecule has 0 bridgehead atoms. The second-order valence-corrected chi connectivity index (χ2v) is 5.46. The van der Waals surface area contributed by atoms with Gasteiger partial charge in [-0.05, 0) is 24.3 Å². The van der Waals surface area contributed by atoms with Crippen molar-refractivity contribution in [3.8, 4) is 0 Å². The molecular formula is C10H12BrNOS. The molecule has 1 rings (SSSR count). The van der Waals surface area contributed by atoms with Crippen LogP contribution in [0.5, 0.6) is 0 Å². The van der Waals surface area contributed by atoms with Gasteiger partial charge in [0.15, 0.2) is 0 Å². The third-order valence-corrected chi connectivity index (χ3v) is 2.68. The highest BCUT2D eigenvalue weighted by molar-refractivity contribution is 9.18. The molecule has 0 aromatic heterocycles. The van der Waals surface area contributed by atoms with Gasteiger partial charge >= 0.3 is 0 Å². The van der Waals surface area contributed by atoms with E-state index < -0.39 is 0 Å². The first-order valence-electron chi connectivity index (χ1n) is 4.31. The Bertz CT molecular complexity index is 310. The van der Waals surface area contributed by atoms with E-state index in [2.05, 4.69) is 35.1 Å². The van der Waals surface area contributed by atoms with Crippen LogP contribution in [0.3, 0.4) is 0 Å². The molecule has 4 heteroatoms. The largest absolute Gasteiger partial charge is 0.317 e. The second kappa shape index (κ2) is 5.41. The molecule has 1 amide bonds. The van der Waals surface area contributed by atoms with Crippen LogP contribution in [0.15, 0.2) is 29.2 Å². The number of hydrogen-bond acceptors (Lipinski definition) is 2. The van der Waals surface area contributed by atoms with E-state index in [-0.39, 0.29) is 4.82 Å². The third kappa shape index (κ3) is 4.15. The minimum atomic E-state index is -0.221. The summed E-state index contributed by atoms with van der Waals surface area (Å²) in [5.41, 5.74) is 0.806. The Kier molecular flexibility index (Phi) is 4.48. The number of halogens is 1. The van der Waals surface area contributed by atoms with Crippen LogP contribution in [-0.2, 0) is 0 Å². The van der Waals surface area contributed by atoms with Gasteiger partial charge < -0.3 is 5.32 Å². The van der Waals surface area contributed by atoms with Gasteiger partial charge in [0, 0.05) is 31.8 Å². The number of hydrogen-bond donors (Lipinski definition) is 1. The fraction of sp³-hybridized carbons (Fsp3) is 0.300. The summed E-state index contributed by atoms with van der Waals surface area (Å²) in [4.78, 5) is 11.7. The lowest BCUT2D eigenvalue weighted by Gasteiger charge is -2.05. The quantitative estimate of drug-likeness (QED) is 0.510. The highest BCUT2D eigenvalue weighted by atomic mass is 79.9. The first kappa shape index (κ1) is 11.6. The third-order valence-electron chi connectivity index (χ3n) is 1.47. The van der Waals surface area contributed by atoms with Gasteiger partial charge in [0.05, 0.1) is 0 Å². The lowest BCUT2D eigenvalue weighted by molar-refractivity contribution is 0.270. The fourth-order valence-corrected chi connectivity index (χ4v) is 2.07. The molecule has 0 fully saturated rings. The van der Waals surface area contributed by atoms with Gasteiger partial charge in [-0.25, -0.2) is 0 Å². The predicted molar refractivity (Wildman–Crippen MR) is 65.4 cm³/mol. The molecule has 0 unspecified atom stereocenters. The van der Waals surface area contributed by atoms with Crippen molar-refractivity contribution >= 4 is 38.2 Å². The first-order chi connectivity index (χ1) is 6.58. The van der Waals surface area contributed by atoms with E-state index >= 15 is 0 Å². The molecule has 0 aliphatic heterocycles. The van der Waals surface area contributed by atoms with E-state index in [0.717, 1.165) is 5.69 Å². The first-order valence-corrected chi connectivity index (χ1v) is 5.98. The summed E-state index contributed by atoms with van der Waals surface area (Å²) >= 11 is 4.62. The zero-order valence-corrected chi connectivity index (χ0v) is 10.5. The molecule has 0 aliphatic carbocycles. The fourth-order valence-electron chi connectivity index (χ4n) is 1.00. The van der Waals surface area contributed by atoms with E-state index in [0.29, 0.717) is 5.25 Å². The Hall–Kier alpha value is -0.480. The molecule has 0 heterocycles. The Morgan fingerprint density at radius 3 is 2.36 bits per heavy atom. The number of nitrogens with one attached hydrogen (secondary N) is 1. The van der Waals surface area contributed by atoms with Crippen LogP contribution in [0.2, 0.25) is 0 Å². The molecule has 1 aromatic carbocycles. The van der Waals surface area contributed by atoms with Crippen molar-refractivity contribution in [1.29, 1.82) is 0 Å². The number of benzene rings is 1. The minimum absolute atomic E-state index is 0.221. The van der Waals surface area contributed by atoms with E-state index in [1.807, 2.05) is 24.3 Å². The van der Waals surface area contributed by atoms with E-state index in [4.69, 9.17) is 0 Å². The Morgan fingerprint density at radius 2 is 1.93 bits per heavy atom. The number of amides is 1. The summed E-state index contributed by atoms with van der Waals surface area (Å²) in [6, 6.07) is 7.79. The molecule has 0 saturated heterocycles. The van der Waals surface area contributed by atoms with Crippen molar-refractivity contribution < 1.29 is 4.79 Å². The van der Waals surface area contributed by atoms with Gasteiger partial charge in [-0.2, -0.15) is 0 Å². The Balaban J connectivity index is 2.63. The number of rotatable bonds is 3. The van der Waals surface area contributed by atoms with E-state index in [1.54, 1.807) is 11.8 Å². The minimum Gasteiger partial charge on any atom is -0.317 e. The molecule has 0 radical (unpaired) electrons. The van der Waals surface area contributed by atoms with Crippen molar-refractivity contribution in [3.05, 3.63) is 24.3 Å². The van der Waals surface area contributed by atoms with Crippen molar-refractivity contribution in [2.24, 2.45) is 0 Å². The molecule has 1 N–H and O–H groups in total. The van der Waals surface area contributed by atoms with Crippen LogP contribution in [0.1, 0.15) is 13.8 Å². The summed E-state index contributed by atoms with van der Waals surface area (Å²) in [6.45, 7) is 4.30. The van der Waals surface area contributed by atoms with Gasteiger partial charge in [-0.15, -0.1) is 11.8 Å². The van der Waals surface area contributed by atoms with Crippen molar-refractivity contribution in [2.75, 3.05) is 5.32 Å². The van der Waals surface area contributed by atoms with E-state index in [9.17, 15) is 4.79 Å². The predicted octanol–water partition coefficient (Wildman–Crippen LogP) is 4.11. The summed E-state index contributed by atoms with van der Waals surface area (Å²) in [6.07, 6.45) is 0. The number of anilines is 1. The molecule has 76 valence electrons. The van der Waals surface area contributed by atoms with Crippen molar-refractivity contribution in [3.63, 3.8) is 0 Å². The van der Waals surface area contributed by atoms with Crippen LogP contribution >= 0.6 is 27.7 Å². The molecular weight excluding hydrogens is 262 g/mol. The Labute approximate surface area is 96.6 Å². The molecule has 1 aromatic rings. The highest BCUT2D eigenvalue weighted by Gasteiger charge is 1.99. The van der Waals surface area contributed by atoms with Gasteiger partial charge in [0.25, 0.3) is 4.82 Å². The van der Waals surface area contributed by atoms with Gasteiger partial charge in [-0.3, -0.25) is 4.79 Å². The molecule has 0 aliphatic rings. The van der Waals surface area contributed by atoms with Gasteiger partial charge in [-0.1, -0.05) is 13.8 Å². The van der Waals surface area contributed by atoms with Crippen LogP contribution in [0.25, 0.3) is 0 Å². The monoisotopic (exact) mass is 273 g/mol. The molecule has 2 nitrogen and oxygen atoms in total. The van der Waals surface area contributed by atoms with E-state index in [1.165, 1.54) is 4.90 Å². The SMILES string of the molecule is CC(C)Sc1ccc(NC(=O)Br)cc1. The number of carbonyl (C=O) groups is 1. The lowest BCUT2D eigenvalue weighted by Crippen LogP contribution is -1.99. The second-order valence-electron chi connectivity index (χ2n) is 3.09. The maximum atomic E-state index is 10.7. The number of thioether (sulfide) groups is 1. The van der Waals surface area contributed by atoms with Crippen LogP contribution < -0.4 is 5.32 Å². The summed E-state index contributed by atoms with van der Waals surface area (Å²) in [5.74, 6) is 0. The summed E-state index contributed by atoms with van der Waals surface area (Å²) in [7, 11) is 0.